The molecule has 3 aromatic rings. The second-order valence-electron chi connectivity index (χ2n) is 6.14. The number of amides is 1. The van der Waals surface area contributed by atoms with Gasteiger partial charge in [0.1, 0.15) is 5.75 Å². The second kappa shape index (κ2) is 7.29. The fourth-order valence-electron chi connectivity index (χ4n) is 2.72. The van der Waals surface area contributed by atoms with Gasteiger partial charge in [-0.2, -0.15) is 0 Å². The molecule has 0 radical (unpaired) electrons. The molecule has 2 aromatic carbocycles. The van der Waals surface area contributed by atoms with Gasteiger partial charge in [-0.05, 0) is 66.0 Å². The van der Waals surface area contributed by atoms with Crippen LogP contribution in [0, 0.1) is 20.8 Å². The summed E-state index contributed by atoms with van der Waals surface area (Å²) >= 11 is 3.39. The average molecular weight is 416 g/mol. The number of aromatic hydroxyl groups is 1. The molecule has 2 N–H and O–H groups in total. The summed E-state index contributed by atoms with van der Waals surface area (Å²) in [6, 6.07) is 9.45. The zero-order valence-corrected chi connectivity index (χ0v) is 16.2. The highest BCUT2D eigenvalue weighted by Gasteiger charge is 2.13. The largest absolute Gasteiger partial charge is 0.493 e. The molecule has 0 aliphatic rings. The maximum Gasteiger partial charge on any atom is 0.302 e. The lowest BCUT2D eigenvalue weighted by Crippen LogP contribution is -2.08. The Labute approximate surface area is 159 Å². The van der Waals surface area contributed by atoms with Crippen LogP contribution < -0.4 is 4.74 Å². The summed E-state index contributed by atoms with van der Waals surface area (Å²) < 4.78 is 6.23. The summed E-state index contributed by atoms with van der Waals surface area (Å²) in [5.74, 6) is -0.108. The molecule has 1 heterocycles. The lowest BCUT2D eigenvalue weighted by Gasteiger charge is -2.06. The van der Waals surface area contributed by atoms with Crippen LogP contribution in [0.4, 0.5) is 5.69 Å². The van der Waals surface area contributed by atoms with Crippen molar-refractivity contribution in [2.45, 2.75) is 20.8 Å². The number of hydrogen-bond acceptors (Lipinski definition) is 4. The third-order valence-corrected chi connectivity index (χ3v) is 4.52. The van der Waals surface area contributed by atoms with Crippen molar-refractivity contribution in [3.63, 3.8) is 0 Å². The standard InChI is InChI=1S/C19H18BrN3O3/c1-10-4-5-15(14(20)8-10)26-9-16(24)22-23-18-13-7-11(2)6-12(3)17(13)21-19(18)25/h4-8,21,25H,9H2,1-3H3. The van der Waals surface area contributed by atoms with Gasteiger partial charge >= 0.3 is 5.91 Å². The molecule has 26 heavy (non-hydrogen) atoms. The Hall–Kier alpha value is -2.67. The highest BCUT2D eigenvalue weighted by Crippen LogP contribution is 2.37. The first-order chi connectivity index (χ1) is 12.3. The van der Waals surface area contributed by atoms with Crippen LogP contribution in [0.25, 0.3) is 10.9 Å². The van der Waals surface area contributed by atoms with E-state index in [0.29, 0.717) is 5.75 Å². The van der Waals surface area contributed by atoms with Crippen LogP contribution in [-0.2, 0) is 4.79 Å². The Bertz CT molecular complexity index is 1020. The van der Waals surface area contributed by atoms with Gasteiger partial charge < -0.3 is 14.8 Å². The van der Waals surface area contributed by atoms with Crippen LogP contribution >= 0.6 is 15.9 Å². The Morgan fingerprint density at radius 3 is 2.69 bits per heavy atom. The number of halogens is 1. The lowest BCUT2D eigenvalue weighted by atomic mass is 10.1. The third kappa shape index (κ3) is 3.77. The number of aryl methyl sites for hydroxylation is 3. The van der Waals surface area contributed by atoms with E-state index >= 15 is 0 Å². The third-order valence-electron chi connectivity index (χ3n) is 3.90. The first-order valence-electron chi connectivity index (χ1n) is 8.00. The molecule has 0 aliphatic heterocycles. The number of ether oxygens (including phenoxy) is 1. The van der Waals surface area contributed by atoms with Crippen LogP contribution in [0.1, 0.15) is 16.7 Å². The van der Waals surface area contributed by atoms with Crippen LogP contribution in [0.5, 0.6) is 11.6 Å². The Morgan fingerprint density at radius 2 is 1.96 bits per heavy atom. The normalized spacial score (nSPS) is 11.4. The fraction of sp³-hybridized carbons (Fsp3) is 0.211. The lowest BCUT2D eigenvalue weighted by molar-refractivity contribution is -0.120. The minimum Gasteiger partial charge on any atom is -0.493 e. The summed E-state index contributed by atoms with van der Waals surface area (Å²) in [6.45, 7) is 5.61. The van der Waals surface area contributed by atoms with E-state index in [1.165, 1.54) is 0 Å². The summed E-state index contributed by atoms with van der Waals surface area (Å²) in [6.07, 6.45) is 0. The van der Waals surface area contributed by atoms with Crippen molar-refractivity contribution in [2.24, 2.45) is 10.2 Å². The maximum atomic E-state index is 12.0. The van der Waals surface area contributed by atoms with Gasteiger partial charge in [-0.25, -0.2) is 0 Å². The van der Waals surface area contributed by atoms with E-state index in [2.05, 4.69) is 31.1 Å². The number of rotatable bonds is 4. The zero-order chi connectivity index (χ0) is 18.8. The number of fused-ring (bicyclic) bond motifs is 1. The minimum absolute atomic E-state index is 0.118. The maximum absolute atomic E-state index is 12.0. The average Bonchev–Trinajstić information content (AvgIpc) is 2.88. The number of carbonyl (C=O) groups excluding carboxylic acids is 1. The first kappa shape index (κ1) is 18.1. The van der Waals surface area contributed by atoms with E-state index in [4.69, 9.17) is 4.74 Å². The molecule has 0 saturated carbocycles. The highest BCUT2D eigenvalue weighted by atomic mass is 79.9. The Balaban J connectivity index is 1.76. The van der Waals surface area contributed by atoms with Crippen LogP contribution in [0.15, 0.2) is 45.0 Å². The zero-order valence-electron chi connectivity index (χ0n) is 14.6. The highest BCUT2D eigenvalue weighted by molar-refractivity contribution is 9.10. The monoisotopic (exact) mass is 415 g/mol. The van der Waals surface area contributed by atoms with E-state index in [0.717, 1.165) is 32.1 Å². The first-order valence-corrected chi connectivity index (χ1v) is 8.80. The molecule has 0 atom stereocenters. The quantitative estimate of drug-likeness (QED) is 0.570. The van der Waals surface area contributed by atoms with Crippen LogP contribution in [-0.4, -0.2) is 22.6 Å². The van der Waals surface area contributed by atoms with Gasteiger partial charge in [0.15, 0.2) is 12.3 Å². The molecule has 1 aromatic heterocycles. The number of nitrogens with zero attached hydrogens (tertiary/aromatic N) is 2. The molecule has 0 unspecified atom stereocenters. The molecular formula is C19H18BrN3O3. The van der Waals surface area contributed by atoms with E-state index < -0.39 is 5.91 Å². The summed E-state index contributed by atoms with van der Waals surface area (Å²) in [5, 5.41) is 18.4. The molecule has 0 fully saturated rings. The van der Waals surface area contributed by atoms with Crippen molar-refractivity contribution < 1.29 is 14.6 Å². The van der Waals surface area contributed by atoms with E-state index in [1.54, 1.807) is 6.07 Å². The topological polar surface area (TPSA) is 87.0 Å². The molecule has 134 valence electrons. The number of aromatic nitrogens is 1. The van der Waals surface area contributed by atoms with E-state index in [9.17, 15) is 9.90 Å². The van der Waals surface area contributed by atoms with Gasteiger partial charge in [0, 0.05) is 5.39 Å². The number of H-pyrrole nitrogens is 1. The van der Waals surface area contributed by atoms with Gasteiger partial charge in [0.2, 0.25) is 5.88 Å². The summed E-state index contributed by atoms with van der Waals surface area (Å²) in [5.41, 5.74) is 4.11. The number of carbonyl (C=O) groups is 1. The van der Waals surface area contributed by atoms with Crippen molar-refractivity contribution >= 4 is 38.4 Å². The molecular weight excluding hydrogens is 398 g/mol. The number of aromatic amines is 1. The van der Waals surface area contributed by atoms with Crippen LogP contribution in [0.3, 0.4) is 0 Å². The fourth-order valence-corrected chi connectivity index (χ4v) is 3.33. The molecule has 6 nitrogen and oxygen atoms in total. The molecule has 7 heteroatoms. The second-order valence-corrected chi connectivity index (χ2v) is 7.00. The molecule has 0 aliphatic carbocycles. The molecule has 1 amide bonds. The van der Waals surface area contributed by atoms with E-state index in [-0.39, 0.29) is 18.2 Å². The number of azo groups is 1. The smallest absolute Gasteiger partial charge is 0.302 e. The molecule has 0 bridgehead atoms. The van der Waals surface area contributed by atoms with Crippen LogP contribution in [0.2, 0.25) is 0 Å². The Kier molecular flexibility index (Phi) is 5.08. The Morgan fingerprint density at radius 1 is 1.19 bits per heavy atom. The van der Waals surface area contributed by atoms with Crippen molar-refractivity contribution in [2.75, 3.05) is 6.61 Å². The van der Waals surface area contributed by atoms with Gasteiger partial charge in [-0.3, -0.25) is 4.79 Å². The predicted molar refractivity (Wildman–Crippen MR) is 103 cm³/mol. The van der Waals surface area contributed by atoms with Crippen molar-refractivity contribution in [3.05, 3.63) is 51.5 Å². The predicted octanol–water partition coefficient (Wildman–Crippen LogP) is 5.25. The van der Waals surface area contributed by atoms with Gasteiger partial charge in [-0.1, -0.05) is 17.7 Å². The van der Waals surface area contributed by atoms with Crippen molar-refractivity contribution in [1.82, 2.24) is 4.98 Å². The summed E-state index contributed by atoms with van der Waals surface area (Å²) in [7, 11) is 0. The molecule has 3 rings (SSSR count). The van der Waals surface area contributed by atoms with Crippen molar-refractivity contribution in [1.29, 1.82) is 0 Å². The number of nitrogens with one attached hydrogen (secondary N) is 1. The van der Waals surface area contributed by atoms with E-state index in [1.807, 2.05) is 45.0 Å². The minimum atomic E-state index is -0.546. The number of hydrogen-bond donors (Lipinski definition) is 2. The summed E-state index contributed by atoms with van der Waals surface area (Å²) in [4.78, 5) is 14.8. The van der Waals surface area contributed by atoms with Gasteiger partial charge in [-0.15, -0.1) is 10.2 Å². The molecule has 0 spiro atoms. The van der Waals surface area contributed by atoms with Crippen molar-refractivity contribution in [3.8, 4) is 11.6 Å². The molecule has 0 saturated heterocycles. The van der Waals surface area contributed by atoms with Gasteiger partial charge in [0.05, 0.1) is 9.99 Å². The van der Waals surface area contributed by atoms with Gasteiger partial charge in [0.25, 0.3) is 0 Å². The number of benzene rings is 2. The SMILES string of the molecule is Cc1ccc(OCC(=O)N=Nc2c(O)[nH]c3c(C)cc(C)cc23)c(Br)c1.